The minimum atomic E-state index is -0.970. The number of thiazole rings is 1. The second kappa shape index (κ2) is 11.7. The van der Waals surface area contributed by atoms with Crippen LogP contribution in [-0.4, -0.2) is 35.0 Å². The van der Waals surface area contributed by atoms with Crippen LogP contribution in [0.1, 0.15) is 46.3 Å². The molecule has 232 valence electrons. The zero-order chi connectivity index (χ0) is 32.1. The Morgan fingerprint density at radius 3 is 2.61 bits per heavy atom. The molecular formula is C37H32N2O6S. The van der Waals surface area contributed by atoms with E-state index in [1.54, 1.807) is 30.3 Å². The minimum absolute atomic E-state index is 0.0131. The number of fused-ring (bicyclic) bond motifs is 2. The van der Waals surface area contributed by atoms with Crippen LogP contribution in [0.15, 0.2) is 84.4 Å². The quantitative estimate of drug-likeness (QED) is 0.113. The Bertz CT molecular complexity index is 2050. The third-order valence-corrected chi connectivity index (χ3v) is 9.38. The average Bonchev–Trinajstić information content (AvgIpc) is 3.72. The number of aromatic nitrogens is 1. The monoisotopic (exact) mass is 632 g/mol. The number of carbonyl (C=O) groups excluding carboxylic acids is 2. The first kappa shape index (κ1) is 29.6. The third kappa shape index (κ3) is 5.16. The van der Waals surface area contributed by atoms with Crippen molar-refractivity contribution in [3.63, 3.8) is 0 Å². The molecule has 0 bridgehead atoms. The van der Waals surface area contributed by atoms with Gasteiger partial charge >= 0.3 is 5.91 Å². The molecule has 1 saturated heterocycles. The average molecular weight is 633 g/mol. The molecule has 5 aromatic rings. The fourth-order valence-corrected chi connectivity index (χ4v) is 7.41. The molecule has 0 unspecified atom stereocenters. The fraction of sp³-hybridized carbons (Fsp3) is 0.216. The van der Waals surface area contributed by atoms with Gasteiger partial charge in [-0.25, -0.2) is 4.98 Å². The Labute approximate surface area is 270 Å². The molecule has 46 heavy (non-hydrogen) atoms. The molecule has 1 N–H and O–H groups in total. The first-order valence-corrected chi connectivity index (χ1v) is 15.9. The topological polar surface area (TPSA) is 98.2 Å². The lowest BCUT2D eigenvalue weighted by Crippen LogP contribution is -2.29. The van der Waals surface area contributed by atoms with Gasteiger partial charge in [0.1, 0.15) is 24.2 Å². The summed E-state index contributed by atoms with van der Waals surface area (Å²) in [7, 11) is 1.54. The molecule has 9 heteroatoms. The number of rotatable bonds is 7. The zero-order valence-electron chi connectivity index (χ0n) is 25.9. The highest BCUT2D eigenvalue weighted by Crippen LogP contribution is 2.46. The summed E-state index contributed by atoms with van der Waals surface area (Å²) in [5.74, 6) is -0.129. The second-order valence-corrected chi connectivity index (χ2v) is 12.7. The van der Waals surface area contributed by atoms with E-state index in [0.717, 1.165) is 38.2 Å². The molecule has 0 saturated carbocycles. The Morgan fingerprint density at radius 1 is 1.02 bits per heavy atom. The summed E-state index contributed by atoms with van der Waals surface area (Å²) in [6, 6.07) is 23.5. The SMILES string of the molecule is COc1cc([C@@H]2C(=C(O)c3ccc4c(c3)C[C@H](C)O4)C(=O)C(=O)N2c2nc3c(C)cc(C)cc3s2)ccc1OCc1ccccc1. The van der Waals surface area contributed by atoms with Gasteiger partial charge in [-0.05, 0) is 85.0 Å². The maximum atomic E-state index is 13.9. The molecular weight excluding hydrogens is 600 g/mol. The lowest BCUT2D eigenvalue weighted by atomic mass is 9.94. The minimum Gasteiger partial charge on any atom is -0.507 e. The van der Waals surface area contributed by atoms with Crippen LogP contribution in [0.2, 0.25) is 0 Å². The summed E-state index contributed by atoms with van der Waals surface area (Å²) < 4.78 is 18.6. The van der Waals surface area contributed by atoms with Gasteiger partial charge in [0.05, 0.1) is 28.9 Å². The van der Waals surface area contributed by atoms with Crippen molar-refractivity contribution in [2.75, 3.05) is 12.0 Å². The number of aryl methyl sites for hydroxylation is 2. The van der Waals surface area contributed by atoms with Crippen LogP contribution in [0.4, 0.5) is 5.13 Å². The van der Waals surface area contributed by atoms with Gasteiger partial charge in [0, 0.05) is 12.0 Å². The number of aliphatic hydroxyl groups is 1. The van der Waals surface area contributed by atoms with Gasteiger partial charge < -0.3 is 19.3 Å². The van der Waals surface area contributed by atoms with Crippen LogP contribution in [0.5, 0.6) is 17.2 Å². The molecule has 1 amide bonds. The lowest BCUT2D eigenvalue weighted by molar-refractivity contribution is -0.132. The van der Waals surface area contributed by atoms with Crippen molar-refractivity contribution >= 4 is 44.1 Å². The van der Waals surface area contributed by atoms with E-state index in [1.807, 2.05) is 69.3 Å². The predicted molar refractivity (Wildman–Crippen MR) is 178 cm³/mol. The van der Waals surface area contributed by atoms with E-state index < -0.39 is 17.7 Å². The van der Waals surface area contributed by atoms with Crippen molar-refractivity contribution in [3.8, 4) is 17.2 Å². The van der Waals surface area contributed by atoms with Gasteiger partial charge in [0.2, 0.25) is 0 Å². The Hall–Kier alpha value is -5.15. The lowest BCUT2D eigenvalue weighted by Gasteiger charge is -2.24. The molecule has 2 aliphatic heterocycles. The largest absolute Gasteiger partial charge is 0.507 e. The summed E-state index contributed by atoms with van der Waals surface area (Å²) in [6.07, 6.45) is 0.694. The van der Waals surface area contributed by atoms with Gasteiger partial charge in [0.25, 0.3) is 5.78 Å². The molecule has 7 rings (SSSR count). The smallest absolute Gasteiger partial charge is 0.301 e. The van der Waals surface area contributed by atoms with E-state index >= 15 is 0 Å². The number of anilines is 1. The molecule has 0 aliphatic carbocycles. The van der Waals surface area contributed by atoms with E-state index in [0.29, 0.717) is 40.8 Å². The van der Waals surface area contributed by atoms with E-state index in [2.05, 4.69) is 0 Å². The molecule has 3 heterocycles. The Kier molecular flexibility index (Phi) is 7.49. The molecule has 4 aromatic carbocycles. The first-order valence-electron chi connectivity index (χ1n) is 15.0. The van der Waals surface area contributed by atoms with Crippen molar-refractivity contribution in [1.29, 1.82) is 0 Å². The number of aliphatic hydroxyl groups excluding tert-OH is 1. The summed E-state index contributed by atoms with van der Waals surface area (Å²) in [6.45, 7) is 6.29. The van der Waals surface area contributed by atoms with Crippen LogP contribution in [0, 0.1) is 13.8 Å². The fourth-order valence-electron chi connectivity index (χ4n) is 6.24. The van der Waals surface area contributed by atoms with Crippen molar-refractivity contribution in [1.82, 2.24) is 4.98 Å². The van der Waals surface area contributed by atoms with E-state index in [1.165, 1.54) is 23.3 Å². The normalized spacial score (nSPS) is 18.6. The van der Waals surface area contributed by atoms with Crippen LogP contribution >= 0.6 is 11.3 Å². The number of amides is 1. The number of methoxy groups -OCH3 is 1. The number of ketones is 1. The number of hydrogen-bond acceptors (Lipinski definition) is 8. The highest BCUT2D eigenvalue weighted by Gasteiger charge is 2.48. The molecule has 2 atom stereocenters. The molecule has 2 aliphatic rings. The maximum absolute atomic E-state index is 13.9. The van der Waals surface area contributed by atoms with Crippen molar-refractivity contribution in [3.05, 3.63) is 118 Å². The number of hydrogen-bond donors (Lipinski definition) is 1. The van der Waals surface area contributed by atoms with E-state index in [9.17, 15) is 14.7 Å². The van der Waals surface area contributed by atoms with Crippen LogP contribution in [-0.2, 0) is 22.6 Å². The number of benzene rings is 4. The number of nitrogens with zero attached hydrogens (tertiary/aromatic N) is 2. The van der Waals surface area contributed by atoms with Gasteiger partial charge in [-0.3, -0.25) is 14.5 Å². The number of ether oxygens (including phenoxy) is 3. The van der Waals surface area contributed by atoms with Crippen LogP contribution in [0.3, 0.4) is 0 Å². The molecule has 1 fully saturated rings. The van der Waals surface area contributed by atoms with Gasteiger partial charge in [0.15, 0.2) is 16.6 Å². The number of Topliss-reactive ketones (excluding diaryl/α,β-unsaturated/α-hetero) is 1. The van der Waals surface area contributed by atoms with E-state index in [-0.39, 0.29) is 17.4 Å². The van der Waals surface area contributed by atoms with Gasteiger partial charge in [-0.1, -0.05) is 53.8 Å². The molecule has 8 nitrogen and oxygen atoms in total. The standard InChI is InChI=1S/C37H32N2O6S/c1-20-14-21(2)32-30(15-20)46-37(38-32)39-33(24-10-13-28(29(18-24)43-4)44-19-23-8-6-5-7-9-23)31(35(41)36(39)42)34(40)25-11-12-27-26(17-25)16-22(3)45-27/h5-15,17-18,22,33,40H,16,19H2,1-4H3/t22-,33+/m0/s1. The van der Waals surface area contributed by atoms with Crippen LogP contribution in [0.25, 0.3) is 16.0 Å². The molecule has 0 radical (unpaired) electrons. The molecule has 1 aromatic heterocycles. The highest BCUT2D eigenvalue weighted by molar-refractivity contribution is 7.22. The summed E-state index contributed by atoms with van der Waals surface area (Å²) >= 11 is 1.34. The highest BCUT2D eigenvalue weighted by atomic mass is 32.1. The van der Waals surface area contributed by atoms with Crippen LogP contribution < -0.4 is 19.1 Å². The van der Waals surface area contributed by atoms with Gasteiger partial charge in [-0.15, -0.1) is 0 Å². The van der Waals surface area contributed by atoms with Crippen molar-refractivity contribution < 1.29 is 28.9 Å². The first-order chi connectivity index (χ1) is 22.2. The van der Waals surface area contributed by atoms with E-state index in [4.69, 9.17) is 19.2 Å². The van der Waals surface area contributed by atoms with Crippen molar-refractivity contribution in [2.45, 2.75) is 45.9 Å². The second-order valence-electron chi connectivity index (χ2n) is 11.7. The summed E-state index contributed by atoms with van der Waals surface area (Å²) in [5, 5.41) is 12.1. The Morgan fingerprint density at radius 2 is 1.83 bits per heavy atom. The zero-order valence-corrected chi connectivity index (χ0v) is 26.7. The predicted octanol–water partition coefficient (Wildman–Crippen LogP) is 7.45. The number of carbonyl (C=O) groups is 2. The third-order valence-electron chi connectivity index (χ3n) is 8.38. The molecule has 0 spiro atoms. The Balaban J connectivity index is 1.36. The van der Waals surface area contributed by atoms with Crippen molar-refractivity contribution in [2.24, 2.45) is 0 Å². The summed E-state index contributed by atoms with van der Waals surface area (Å²) in [5.41, 5.74) is 5.72. The maximum Gasteiger partial charge on any atom is 0.301 e. The van der Waals surface area contributed by atoms with Gasteiger partial charge in [-0.2, -0.15) is 0 Å². The summed E-state index contributed by atoms with van der Waals surface area (Å²) in [4.78, 5) is 34.0.